The molecule has 3 aromatic rings. The number of halogens is 3. The summed E-state index contributed by atoms with van der Waals surface area (Å²) < 4.78 is 38.1. The molecular formula is C22H13ClF2O3. The molecule has 0 atom stereocenters. The first-order valence-corrected chi connectivity index (χ1v) is 8.78. The topological polar surface area (TPSA) is 35.5 Å². The highest BCUT2D eigenvalue weighted by atomic mass is 35.5. The Balaban J connectivity index is 1.53. The molecule has 0 aromatic heterocycles. The smallest absolute Gasteiger partial charge is 0.231 e. The summed E-state index contributed by atoms with van der Waals surface area (Å²) in [7, 11) is 0. The van der Waals surface area contributed by atoms with E-state index < -0.39 is 5.82 Å². The van der Waals surface area contributed by atoms with Crippen LogP contribution in [0.1, 0.15) is 21.5 Å². The Kier molecular flexibility index (Phi) is 4.84. The number of hydrogen-bond donors (Lipinski definition) is 0. The monoisotopic (exact) mass is 398 g/mol. The van der Waals surface area contributed by atoms with Crippen molar-refractivity contribution in [3.63, 3.8) is 0 Å². The first-order valence-electron chi connectivity index (χ1n) is 8.41. The molecule has 0 fully saturated rings. The molecule has 0 aliphatic carbocycles. The van der Waals surface area contributed by atoms with Crippen LogP contribution in [0.5, 0.6) is 11.5 Å². The molecule has 3 aromatic carbocycles. The van der Waals surface area contributed by atoms with E-state index in [1.807, 2.05) is 0 Å². The first kappa shape index (κ1) is 18.2. The fourth-order valence-corrected chi connectivity index (χ4v) is 3.01. The van der Waals surface area contributed by atoms with Crippen molar-refractivity contribution in [1.82, 2.24) is 0 Å². The summed E-state index contributed by atoms with van der Waals surface area (Å²) in [4.78, 5) is 12.5. The van der Waals surface area contributed by atoms with Crippen molar-refractivity contribution >= 4 is 23.5 Å². The predicted octanol–water partition coefficient (Wildman–Crippen LogP) is 5.81. The van der Waals surface area contributed by atoms with Crippen LogP contribution in [0.3, 0.4) is 0 Å². The van der Waals surface area contributed by atoms with Gasteiger partial charge in [0.2, 0.25) is 5.78 Å². The summed E-state index contributed by atoms with van der Waals surface area (Å²) in [5.74, 6) is -0.200. The number of Topliss-reactive ketones (excluding diaryl/α,β-unsaturated/α-hetero) is 1. The van der Waals surface area contributed by atoms with Crippen LogP contribution in [0.25, 0.3) is 6.08 Å². The molecule has 0 radical (unpaired) electrons. The van der Waals surface area contributed by atoms with E-state index in [0.29, 0.717) is 22.6 Å². The van der Waals surface area contributed by atoms with Crippen LogP contribution >= 0.6 is 11.6 Å². The van der Waals surface area contributed by atoms with Gasteiger partial charge < -0.3 is 9.47 Å². The molecule has 0 saturated carbocycles. The third-order valence-electron chi connectivity index (χ3n) is 4.25. The van der Waals surface area contributed by atoms with E-state index in [9.17, 15) is 13.6 Å². The van der Waals surface area contributed by atoms with Crippen molar-refractivity contribution in [2.24, 2.45) is 0 Å². The van der Waals surface area contributed by atoms with Gasteiger partial charge in [-0.15, -0.1) is 0 Å². The van der Waals surface area contributed by atoms with Crippen LogP contribution in [-0.2, 0) is 6.61 Å². The minimum absolute atomic E-state index is 0.0590. The molecule has 1 heterocycles. The third kappa shape index (κ3) is 3.62. The summed E-state index contributed by atoms with van der Waals surface area (Å²) in [6.45, 7) is -0.0590. The number of rotatable bonds is 4. The number of ether oxygens (including phenoxy) is 2. The highest BCUT2D eigenvalue weighted by molar-refractivity contribution is 6.31. The van der Waals surface area contributed by atoms with Crippen LogP contribution in [-0.4, -0.2) is 5.78 Å². The third-order valence-corrected chi connectivity index (χ3v) is 4.61. The van der Waals surface area contributed by atoms with Gasteiger partial charge in [-0.2, -0.15) is 0 Å². The number of fused-ring (bicyclic) bond motifs is 1. The predicted molar refractivity (Wildman–Crippen MR) is 102 cm³/mol. The molecular weight excluding hydrogens is 386 g/mol. The molecule has 0 N–H and O–H groups in total. The standard InChI is InChI=1S/C22H13ClF2O3/c23-18-2-1-3-19(25)17(18)12-27-15-8-9-16-20(11-15)28-21(22(16)26)10-13-4-6-14(24)7-5-13/h1-11H,12H2. The second-order valence-electron chi connectivity index (χ2n) is 6.14. The number of carbonyl (C=O) groups excluding carboxylic acids is 1. The van der Waals surface area contributed by atoms with Crippen LogP contribution in [0.2, 0.25) is 5.02 Å². The Bertz CT molecular complexity index is 1070. The Morgan fingerprint density at radius 3 is 2.57 bits per heavy atom. The van der Waals surface area contributed by atoms with Crippen molar-refractivity contribution < 1.29 is 23.0 Å². The van der Waals surface area contributed by atoms with Gasteiger partial charge in [0, 0.05) is 11.6 Å². The van der Waals surface area contributed by atoms with Gasteiger partial charge in [0.15, 0.2) is 5.76 Å². The van der Waals surface area contributed by atoms with Gasteiger partial charge in [0.1, 0.15) is 29.7 Å². The van der Waals surface area contributed by atoms with Gasteiger partial charge in [-0.05, 0) is 48.0 Å². The van der Waals surface area contributed by atoms with Crippen LogP contribution in [0.15, 0.2) is 66.4 Å². The zero-order chi connectivity index (χ0) is 19.7. The minimum Gasteiger partial charge on any atom is -0.489 e. The zero-order valence-corrected chi connectivity index (χ0v) is 15.2. The second-order valence-corrected chi connectivity index (χ2v) is 6.55. The average Bonchev–Trinajstić information content (AvgIpc) is 2.98. The van der Waals surface area contributed by atoms with Crippen LogP contribution < -0.4 is 9.47 Å². The van der Waals surface area contributed by atoms with E-state index in [1.54, 1.807) is 42.5 Å². The molecule has 28 heavy (non-hydrogen) atoms. The van der Waals surface area contributed by atoms with Crippen LogP contribution in [0, 0.1) is 11.6 Å². The Hall–Kier alpha value is -3.18. The van der Waals surface area contributed by atoms with Gasteiger partial charge in [0.25, 0.3) is 0 Å². The number of ketones is 1. The zero-order valence-electron chi connectivity index (χ0n) is 14.4. The highest BCUT2D eigenvalue weighted by Crippen LogP contribution is 2.35. The molecule has 0 unspecified atom stereocenters. The van der Waals surface area contributed by atoms with E-state index in [1.165, 1.54) is 24.3 Å². The molecule has 1 aliphatic heterocycles. The van der Waals surface area contributed by atoms with Crippen molar-refractivity contribution in [3.05, 3.63) is 99.8 Å². The van der Waals surface area contributed by atoms with Crippen molar-refractivity contribution in [2.75, 3.05) is 0 Å². The van der Waals surface area contributed by atoms with Crippen molar-refractivity contribution in [2.45, 2.75) is 6.61 Å². The summed E-state index contributed by atoms with van der Waals surface area (Å²) in [6.07, 6.45) is 1.54. The summed E-state index contributed by atoms with van der Waals surface area (Å²) in [5, 5.41) is 0.275. The summed E-state index contributed by atoms with van der Waals surface area (Å²) in [6, 6.07) is 14.9. The Morgan fingerprint density at radius 2 is 1.82 bits per heavy atom. The van der Waals surface area contributed by atoms with Gasteiger partial charge in [-0.3, -0.25) is 4.79 Å². The summed E-state index contributed by atoms with van der Waals surface area (Å²) >= 11 is 5.99. The largest absolute Gasteiger partial charge is 0.489 e. The molecule has 0 bridgehead atoms. The van der Waals surface area contributed by atoms with E-state index in [-0.39, 0.29) is 34.6 Å². The fraction of sp³-hybridized carbons (Fsp3) is 0.0455. The highest BCUT2D eigenvalue weighted by Gasteiger charge is 2.27. The SMILES string of the molecule is O=C1C(=Cc2ccc(F)cc2)Oc2cc(OCc3c(F)cccc3Cl)ccc21. The van der Waals surface area contributed by atoms with Gasteiger partial charge in [0.05, 0.1) is 10.6 Å². The normalized spacial score (nSPS) is 14.1. The number of benzene rings is 3. The maximum Gasteiger partial charge on any atom is 0.231 e. The molecule has 4 rings (SSSR count). The van der Waals surface area contributed by atoms with E-state index in [4.69, 9.17) is 21.1 Å². The molecule has 0 spiro atoms. The van der Waals surface area contributed by atoms with Gasteiger partial charge in [-0.1, -0.05) is 29.8 Å². The van der Waals surface area contributed by atoms with E-state index in [0.717, 1.165) is 0 Å². The average molecular weight is 399 g/mol. The Morgan fingerprint density at radius 1 is 1.04 bits per heavy atom. The molecule has 6 heteroatoms. The maximum absolute atomic E-state index is 13.8. The first-order chi connectivity index (χ1) is 13.5. The lowest BCUT2D eigenvalue weighted by molar-refractivity contribution is 0.101. The van der Waals surface area contributed by atoms with Gasteiger partial charge in [-0.25, -0.2) is 8.78 Å². The molecule has 0 saturated heterocycles. The van der Waals surface area contributed by atoms with Crippen molar-refractivity contribution in [3.8, 4) is 11.5 Å². The summed E-state index contributed by atoms with van der Waals surface area (Å²) in [5.41, 5.74) is 1.28. The number of allylic oxidation sites excluding steroid dienone is 1. The second kappa shape index (κ2) is 7.44. The lowest BCUT2D eigenvalue weighted by Gasteiger charge is -2.09. The maximum atomic E-state index is 13.8. The minimum atomic E-state index is -0.454. The molecule has 1 aliphatic rings. The lowest BCUT2D eigenvalue weighted by atomic mass is 10.1. The lowest BCUT2D eigenvalue weighted by Crippen LogP contribution is -1.99. The van der Waals surface area contributed by atoms with Crippen molar-refractivity contribution in [1.29, 1.82) is 0 Å². The van der Waals surface area contributed by atoms with Gasteiger partial charge >= 0.3 is 0 Å². The molecule has 3 nitrogen and oxygen atoms in total. The molecule has 0 amide bonds. The number of hydrogen-bond acceptors (Lipinski definition) is 3. The Labute approximate surface area is 164 Å². The van der Waals surface area contributed by atoms with Crippen LogP contribution in [0.4, 0.5) is 8.78 Å². The number of carbonyl (C=O) groups is 1. The fourth-order valence-electron chi connectivity index (χ4n) is 2.79. The quantitative estimate of drug-likeness (QED) is 0.520. The molecule has 140 valence electrons. The van der Waals surface area contributed by atoms with E-state index in [2.05, 4.69) is 0 Å². The van der Waals surface area contributed by atoms with E-state index >= 15 is 0 Å².